The second kappa shape index (κ2) is 6.22. The molecule has 0 bridgehead atoms. The van der Waals surface area contributed by atoms with Crippen LogP contribution in [0.5, 0.6) is 5.75 Å². The molecular formula is C19H13F4N3O4. The third-order valence-corrected chi connectivity index (χ3v) is 5.06. The number of hydrogen-bond donors (Lipinski definition) is 0. The molecule has 0 atom stereocenters. The van der Waals surface area contributed by atoms with Crippen LogP contribution >= 0.6 is 0 Å². The molecule has 156 valence electrons. The Kier molecular flexibility index (Phi) is 4.10. The van der Waals surface area contributed by atoms with Crippen molar-refractivity contribution in [3.63, 3.8) is 0 Å². The average molecular weight is 423 g/mol. The zero-order chi connectivity index (χ0) is 22.0. The number of carbonyl (C=O) groups is 1. The molecular weight excluding hydrogens is 410 g/mol. The lowest BCUT2D eigenvalue weighted by Gasteiger charge is -2.34. The fraction of sp³-hybridized carbons (Fsp3) is 0.316. The van der Waals surface area contributed by atoms with Gasteiger partial charge in [0.1, 0.15) is 11.4 Å². The summed E-state index contributed by atoms with van der Waals surface area (Å²) in [6.45, 7) is -0.179. The van der Waals surface area contributed by atoms with Crippen molar-refractivity contribution < 1.29 is 27.1 Å². The predicted octanol–water partition coefficient (Wildman–Crippen LogP) is 1.59. The van der Waals surface area contributed by atoms with E-state index in [1.807, 2.05) is 0 Å². The van der Waals surface area contributed by atoms with Crippen LogP contribution in [-0.2, 0) is 18.0 Å². The van der Waals surface area contributed by atoms with Gasteiger partial charge in [-0.2, -0.15) is 13.2 Å². The number of terminal acetylenes is 1. The molecule has 7 nitrogen and oxygen atoms in total. The lowest BCUT2D eigenvalue weighted by Crippen LogP contribution is -2.48. The summed E-state index contributed by atoms with van der Waals surface area (Å²) >= 11 is 0. The molecule has 4 rings (SSSR count). The van der Waals surface area contributed by atoms with Crippen LogP contribution in [0.2, 0.25) is 0 Å². The first-order valence-corrected chi connectivity index (χ1v) is 8.69. The predicted molar refractivity (Wildman–Crippen MR) is 96.0 cm³/mol. The first-order chi connectivity index (χ1) is 14.0. The number of ether oxygens (including phenoxy) is 1. The summed E-state index contributed by atoms with van der Waals surface area (Å²) in [6.07, 6.45) is 1.21. The SMILES string of the molecule is C#CCN1C(=O)C2(CC2)Oc2cc(F)c(-n3c(=O)cc(C(F)(F)F)n(C)c3=O)cc21. The van der Waals surface area contributed by atoms with Crippen LogP contribution in [0.15, 0.2) is 27.8 Å². The van der Waals surface area contributed by atoms with E-state index in [1.54, 1.807) is 0 Å². The highest BCUT2D eigenvalue weighted by Crippen LogP contribution is 2.49. The molecule has 1 amide bonds. The smallest absolute Gasteiger partial charge is 0.431 e. The first kappa shape index (κ1) is 19.8. The van der Waals surface area contributed by atoms with E-state index in [0.717, 1.165) is 24.1 Å². The normalized spacial score (nSPS) is 16.8. The van der Waals surface area contributed by atoms with E-state index in [2.05, 4.69) is 5.92 Å². The Labute approximate surface area is 166 Å². The summed E-state index contributed by atoms with van der Waals surface area (Å²) < 4.78 is 60.0. The minimum absolute atomic E-state index is 0.0135. The molecule has 1 aromatic heterocycles. The maximum atomic E-state index is 14.8. The zero-order valence-corrected chi connectivity index (χ0v) is 15.4. The molecule has 1 saturated carbocycles. The Morgan fingerprint density at radius 3 is 2.40 bits per heavy atom. The van der Waals surface area contributed by atoms with Crippen molar-refractivity contribution in [2.45, 2.75) is 24.6 Å². The fourth-order valence-electron chi connectivity index (χ4n) is 3.40. The molecule has 2 aliphatic rings. The second-order valence-electron chi connectivity index (χ2n) is 7.01. The van der Waals surface area contributed by atoms with Gasteiger partial charge in [0.15, 0.2) is 11.4 Å². The van der Waals surface area contributed by atoms with E-state index in [9.17, 15) is 31.9 Å². The standard InChI is InChI=1S/C19H13F4N3O4/c1-3-6-25-12-8-11(10(20)7-13(12)30-18(4-5-18)16(25)28)26-15(27)9-14(19(21,22)23)24(2)17(26)29/h1,7-9H,4-6H2,2H3. The molecule has 0 radical (unpaired) electrons. The molecule has 2 heterocycles. The Morgan fingerprint density at radius 2 is 1.83 bits per heavy atom. The highest BCUT2D eigenvalue weighted by molar-refractivity contribution is 6.05. The van der Waals surface area contributed by atoms with Gasteiger partial charge < -0.3 is 4.74 Å². The van der Waals surface area contributed by atoms with E-state index in [0.29, 0.717) is 12.8 Å². The van der Waals surface area contributed by atoms with E-state index in [-0.39, 0.29) is 33.2 Å². The summed E-state index contributed by atoms with van der Waals surface area (Å²) in [4.78, 5) is 38.6. The minimum atomic E-state index is -4.96. The summed E-state index contributed by atoms with van der Waals surface area (Å²) in [7, 11) is 0.811. The Hall–Kier alpha value is -3.55. The van der Waals surface area contributed by atoms with Crippen molar-refractivity contribution in [1.82, 2.24) is 9.13 Å². The quantitative estimate of drug-likeness (QED) is 0.543. The van der Waals surface area contributed by atoms with Gasteiger partial charge in [-0.15, -0.1) is 6.42 Å². The number of halogens is 4. The van der Waals surface area contributed by atoms with Crippen LogP contribution in [0.1, 0.15) is 18.5 Å². The van der Waals surface area contributed by atoms with Crippen LogP contribution in [0.25, 0.3) is 5.69 Å². The molecule has 2 aromatic rings. The van der Waals surface area contributed by atoms with E-state index in [4.69, 9.17) is 11.2 Å². The molecule has 1 aliphatic heterocycles. The summed E-state index contributed by atoms with van der Waals surface area (Å²) in [6, 6.07) is 2.07. The highest BCUT2D eigenvalue weighted by atomic mass is 19.4. The van der Waals surface area contributed by atoms with Gasteiger partial charge in [-0.1, -0.05) is 5.92 Å². The molecule has 1 fully saturated rings. The van der Waals surface area contributed by atoms with E-state index < -0.39 is 46.1 Å². The number of aromatic nitrogens is 2. The molecule has 1 spiro atoms. The number of fused-ring (bicyclic) bond motifs is 1. The van der Waals surface area contributed by atoms with Crippen molar-refractivity contribution in [3.05, 3.63) is 50.5 Å². The van der Waals surface area contributed by atoms with Crippen LogP contribution in [0.4, 0.5) is 23.2 Å². The highest BCUT2D eigenvalue weighted by Gasteiger charge is 2.58. The Bertz CT molecular complexity index is 1250. The molecule has 0 N–H and O–H groups in total. The largest absolute Gasteiger partial charge is 0.475 e. The number of carbonyl (C=O) groups excluding carboxylic acids is 1. The molecule has 30 heavy (non-hydrogen) atoms. The summed E-state index contributed by atoms with van der Waals surface area (Å²) in [5.74, 6) is 0.756. The van der Waals surface area contributed by atoms with Gasteiger partial charge in [-0.05, 0) is 6.07 Å². The second-order valence-corrected chi connectivity index (χ2v) is 7.01. The van der Waals surface area contributed by atoms with E-state index in [1.165, 1.54) is 0 Å². The van der Waals surface area contributed by atoms with Crippen LogP contribution in [0, 0.1) is 18.2 Å². The topological polar surface area (TPSA) is 73.5 Å². The number of rotatable bonds is 2. The lowest BCUT2D eigenvalue weighted by atomic mass is 10.1. The maximum absolute atomic E-state index is 14.8. The van der Waals surface area contributed by atoms with Crippen LogP contribution in [-0.4, -0.2) is 27.2 Å². The maximum Gasteiger partial charge on any atom is 0.431 e. The van der Waals surface area contributed by atoms with Gasteiger partial charge in [-0.25, -0.2) is 13.8 Å². The van der Waals surface area contributed by atoms with Crippen molar-refractivity contribution >= 4 is 11.6 Å². The summed E-state index contributed by atoms with van der Waals surface area (Å²) in [5.41, 5.74) is -5.98. The number of nitrogens with zero attached hydrogens (tertiary/aromatic N) is 3. The number of alkyl halides is 3. The average Bonchev–Trinajstić information content (AvgIpc) is 3.42. The van der Waals surface area contributed by atoms with Crippen LogP contribution < -0.4 is 20.9 Å². The molecule has 1 aromatic carbocycles. The molecule has 1 aliphatic carbocycles. The Balaban J connectivity index is 1.94. The first-order valence-electron chi connectivity index (χ1n) is 8.69. The van der Waals surface area contributed by atoms with Crippen molar-refractivity contribution in [2.24, 2.45) is 7.05 Å². The van der Waals surface area contributed by atoms with Gasteiger partial charge >= 0.3 is 11.9 Å². The monoisotopic (exact) mass is 423 g/mol. The molecule has 11 heteroatoms. The number of anilines is 1. The van der Waals surface area contributed by atoms with E-state index >= 15 is 0 Å². The third kappa shape index (κ3) is 2.79. The number of benzene rings is 1. The fourth-order valence-corrected chi connectivity index (χ4v) is 3.40. The van der Waals surface area contributed by atoms with Gasteiger partial charge in [-0.3, -0.25) is 19.1 Å². The number of hydrogen-bond acceptors (Lipinski definition) is 4. The number of amides is 1. The van der Waals surface area contributed by atoms with Crippen LogP contribution in [0.3, 0.4) is 0 Å². The Morgan fingerprint density at radius 1 is 1.17 bits per heavy atom. The third-order valence-electron chi connectivity index (χ3n) is 5.06. The van der Waals surface area contributed by atoms with Crippen molar-refractivity contribution in [2.75, 3.05) is 11.4 Å². The van der Waals surface area contributed by atoms with Gasteiger partial charge in [0.2, 0.25) is 0 Å². The molecule has 0 saturated heterocycles. The summed E-state index contributed by atoms with van der Waals surface area (Å²) in [5, 5.41) is 0. The lowest BCUT2D eigenvalue weighted by molar-refractivity contribution is -0.144. The van der Waals surface area contributed by atoms with Gasteiger partial charge in [0.25, 0.3) is 11.5 Å². The van der Waals surface area contributed by atoms with Gasteiger partial charge in [0, 0.05) is 32.0 Å². The zero-order valence-electron chi connectivity index (χ0n) is 15.4. The molecule has 0 unspecified atom stereocenters. The van der Waals surface area contributed by atoms with Gasteiger partial charge in [0.05, 0.1) is 17.9 Å². The minimum Gasteiger partial charge on any atom is -0.475 e. The van der Waals surface area contributed by atoms with Crippen molar-refractivity contribution in [1.29, 1.82) is 0 Å². The van der Waals surface area contributed by atoms with Crippen molar-refractivity contribution in [3.8, 4) is 23.8 Å².